The molecule has 1 atom stereocenters. The minimum atomic E-state index is -0.815. The fourth-order valence-corrected chi connectivity index (χ4v) is 2.78. The van der Waals surface area contributed by atoms with Gasteiger partial charge in [0.25, 0.3) is 0 Å². The van der Waals surface area contributed by atoms with Crippen LogP contribution in [-0.4, -0.2) is 39.5 Å². The Bertz CT molecular complexity index is 480. The summed E-state index contributed by atoms with van der Waals surface area (Å²) in [5.74, 6) is -0.815. The maximum absolute atomic E-state index is 11.9. The van der Waals surface area contributed by atoms with E-state index >= 15 is 0 Å². The maximum atomic E-state index is 11.9. The van der Waals surface area contributed by atoms with Crippen molar-refractivity contribution in [1.29, 1.82) is 0 Å². The Morgan fingerprint density at radius 3 is 2.71 bits per heavy atom. The van der Waals surface area contributed by atoms with Crippen LogP contribution in [-0.2, 0) is 11.3 Å². The molecule has 0 spiro atoms. The van der Waals surface area contributed by atoms with Crippen molar-refractivity contribution in [3.63, 3.8) is 0 Å². The molecule has 0 bridgehead atoms. The van der Waals surface area contributed by atoms with E-state index in [2.05, 4.69) is 15.7 Å². The smallest absolute Gasteiger partial charge is 0.315 e. The fraction of sp³-hybridized carbons (Fsp3) is 0.643. The summed E-state index contributed by atoms with van der Waals surface area (Å²) in [6.45, 7) is 2.64. The zero-order chi connectivity index (χ0) is 15.3. The Morgan fingerprint density at radius 1 is 1.43 bits per heavy atom. The highest BCUT2D eigenvalue weighted by molar-refractivity contribution is 5.78. The van der Waals surface area contributed by atoms with E-state index in [1.165, 1.54) is 0 Å². The second-order valence-corrected chi connectivity index (χ2v) is 5.75. The molecule has 1 aromatic heterocycles. The number of hydrogen-bond donors (Lipinski definition) is 3. The lowest BCUT2D eigenvalue weighted by atomic mass is 9.86. The van der Waals surface area contributed by atoms with Crippen LogP contribution in [0.25, 0.3) is 0 Å². The average Bonchev–Trinajstić information content (AvgIpc) is 3.07. The van der Waals surface area contributed by atoms with Crippen LogP contribution in [0.15, 0.2) is 18.5 Å². The van der Waals surface area contributed by atoms with Gasteiger partial charge in [0.2, 0.25) is 0 Å². The summed E-state index contributed by atoms with van der Waals surface area (Å²) in [6.07, 6.45) is 6.59. The van der Waals surface area contributed by atoms with Crippen molar-refractivity contribution in [2.75, 3.05) is 6.54 Å². The molecule has 7 heteroatoms. The van der Waals surface area contributed by atoms with Crippen molar-refractivity contribution in [2.24, 2.45) is 5.41 Å². The van der Waals surface area contributed by atoms with E-state index in [1.807, 2.05) is 19.2 Å². The first-order valence-electron chi connectivity index (χ1n) is 7.27. The third-order valence-corrected chi connectivity index (χ3v) is 4.00. The van der Waals surface area contributed by atoms with Crippen molar-refractivity contribution >= 4 is 12.0 Å². The number of nitrogens with zero attached hydrogens (tertiary/aromatic N) is 2. The molecule has 3 N–H and O–H groups in total. The van der Waals surface area contributed by atoms with Crippen LogP contribution < -0.4 is 10.6 Å². The number of carbonyl (C=O) groups excluding carboxylic acids is 1. The SMILES string of the molecule is CC(Cn1cccn1)NC(=O)NCC1(C(=O)O)CCCC1. The van der Waals surface area contributed by atoms with Gasteiger partial charge in [-0.3, -0.25) is 9.48 Å². The second kappa shape index (κ2) is 6.60. The molecule has 0 aromatic carbocycles. The molecule has 1 aromatic rings. The van der Waals surface area contributed by atoms with Gasteiger partial charge >= 0.3 is 12.0 Å². The molecule has 1 unspecified atom stereocenters. The number of carbonyl (C=O) groups is 2. The summed E-state index contributed by atoms with van der Waals surface area (Å²) < 4.78 is 1.74. The number of urea groups is 1. The predicted molar refractivity (Wildman–Crippen MR) is 76.8 cm³/mol. The lowest BCUT2D eigenvalue weighted by Crippen LogP contribution is -2.48. The summed E-state index contributed by atoms with van der Waals surface area (Å²) in [5.41, 5.74) is -0.789. The van der Waals surface area contributed by atoms with Crippen LogP contribution in [0.3, 0.4) is 0 Å². The molecule has 1 fully saturated rings. The molecule has 1 heterocycles. The van der Waals surface area contributed by atoms with E-state index in [9.17, 15) is 14.7 Å². The lowest BCUT2D eigenvalue weighted by Gasteiger charge is -2.24. The number of amides is 2. The number of hydrogen-bond acceptors (Lipinski definition) is 3. The lowest BCUT2D eigenvalue weighted by molar-refractivity contribution is -0.148. The zero-order valence-electron chi connectivity index (χ0n) is 12.2. The number of rotatable bonds is 6. The standard InChI is InChI=1S/C14H22N4O3/c1-11(9-18-8-4-7-16-18)17-13(21)15-10-14(12(19)20)5-2-3-6-14/h4,7-8,11H,2-3,5-6,9-10H2,1H3,(H,19,20)(H2,15,17,21). The topological polar surface area (TPSA) is 96.3 Å². The molecule has 7 nitrogen and oxygen atoms in total. The van der Waals surface area contributed by atoms with Crippen molar-refractivity contribution in [2.45, 2.75) is 45.2 Å². The van der Waals surface area contributed by atoms with Crippen LogP contribution in [0.1, 0.15) is 32.6 Å². The van der Waals surface area contributed by atoms with Crippen LogP contribution in [0.5, 0.6) is 0 Å². The molecular weight excluding hydrogens is 272 g/mol. The molecule has 0 aliphatic heterocycles. The van der Waals surface area contributed by atoms with Gasteiger partial charge in [-0.2, -0.15) is 5.10 Å². The van der Waals surface area contributed by atoms with Gasteiger partial charge in [-0.1, -0.05) is 12.8 Å². The Hall–Kier alpha value is -2.05. The molecule has 1 saturated carbocycles. The van der Waals surface area contributed by atoms with Crippen LogP contribution in [0.2, 0.25) is 0 Å². The highest BCUT2D eigenvalue weighted by Crippen LogP contribution is 2.37. The van der Waals surface area contributed by atoms with E-state index in [0.29, 0.717) is 19.4 Å². The van der Waals surface area contributed by atoms with Gasteiger partial charge in [0.05, 0.1) is 12.0 Å². The first-order valence-corrected chi connectivity index (χ1v) is 7.27. The summed E-state index contributed by atoms with van der Waals surface area (Å²) in [6, 6.07) is 1.40. The molecular formula is C14H22N4O3. The van der Waals surface area contributed by atoms with E-state index in [1.54, 1.807) is 10.9 Å². The fourth-order valence-electron chi connectivity index (χ4n) is 2.78. The monoisotopic (exact) mass is 294 g/mol. The van der Waals surface area contributed by atoms with Gasteiger partial charge in [-0.05, 0) is 25.8 Å². The summed E-state index contributed by atoms with van der Waals surface area (Å²) >= 11 is 0. The first-order chi connectivity index (χ1) is 10.0. The zero-order valence-corrected chi connectivity index (χ0v) is 12.2. The molecule has 21 heavy (non-hydrogen) atoms. The van der Waals surface area contributed by atoms with E-state index in [-0.39, 0.29) is 18.6 Å². The van der Waals surface area contributed by atoms with Crippen molar-refractivity contribution in [1.82, 2.24) is 20.4 Å². The van der Waals surface area contributed by atoms with Gasteiger partial charge in [-0.15, -0.1) is 0 Å². The van der Waals surface area contributed by atoms with Gasteiger partial charge in [0.15, 0.2) is 0 Å². The Labute approximate surface area is 123 Å². The van der Waals surface area contributed by atoms with Crippen molar-refractivity contribution in [3.8, 4) is 0 Å². The van der Waals surface area contributed by atoms with E-state index in [4.69, 9.17) is 0 Å². The molecule has 1 aliphatic carbocycles. The Balaban J connectivity index is 1.77. The molecule has 116 valence electrons. The number of aliphatic carboxylic acids is 1. The maximum Gasteiger partial charge on any atom is 0.315 e. The summed E-state index contributed by atoms with van der Waals surface area (Å²) in [7, 11) is 0. The molecule has 0 radical (unpaired) electrons. The summed E-state index contributed by atoms with van der Waals surface area (Å²) in [4.78, 5) is 23.2. The third-order valence-electron chi connectivity index (χ3n) is 4.00. The molecule has 2 rings (SSSR count). The van der Waals surface area contributed by atoms with E-state index < -0.39 is 11.4 Å². The van der Waals surface area contributed by atoms with Crippen molar-refractivity contribution < 1.29 is 14.7 Å². The number of nitrogens with one attached hydrogen (secondary N) is 2. The van der Waals surface area contributed by atoms with Crippen LogP contribution in [0.4, 0.5) is 4.79 Å². The third kappa shape index (κ3) is 3.96. The van der Waals surface area contributed by atoms with Gasteiger partial charge in [0, 0.05) is 25.0 Å². The number of aromatic nitrogens is 2. The van der Waals surface area contributed by atoms with Gasteiger partial charge in [0.1, 0.15) is 0 Å². The predicted octanol–water partition coefficient (Wildman–Crippen LogP) is 1.22. The van der Waals surface area contributed by atoms with Crippen molar-refractivity contribution in [3.05, 3.63) is 18.5 Å². The highest BCUT2D eigenvalue weighted by atomic mass is 16.4. The quantitative estimate of drug-likeness (QED) is 0.735. The average molecular weight is 294 g/mol. The van der Waals surface area contributed by atoms with Crippen LogP contribution in [0, 0.1) is 5.41 Å². The minimum Gasteiger partial charge on any atom is -0.481 e. The minimum absolute atomic E-state index is 0.0887. The number of carboxylic acid groups (broad SMARTS) is 1. The molecule has 1 aliphatic rings. The normalized spacial score (nSPS) is 18.1. The largest absolute Gasteiger partial charge is 0.481 e. The Kier molecular flexibility index (Phi) is 4.82. The second-order valence-electron chi connectivity index (χ2n) is 5.75. The molecule has 2 amide bonds. The van der Waals surface area contributed by atoms with Gasteiger partial charge < -0.3 is 15.7 Å². The van der Waals surface area contributed by atoms with Gasteiger partial charge in [-0.25, -0.2) is 4.79 Å². The summed E-state index contributed by atoms with van der Waals surface area (Å²) in [5, 5.41) is 18.9. The van der Waals surface area contributed by atoms with Crippen LogP contribution >= 0.6 is 0 Å². The highest BCUT2D eigenvalue weighted by Gasteiger charge is 2.41. The Morgan fingerprint density at radius 2 is 2.14 bits per heavy atom. The molecule has 0 saturated heterocycles. The van der Waals surface area contributed by atoms with E-state index in [0.717, 1.165) is 12.8 Å². The first kappa shape index (κ1) is 15.3. The number of carboxylic acids is 1.